The van der Waals surface area contributed by atoms with Crippen LogP contribution in [0.4, 0.5) is 4.39 Å². The molecule has 0 aromatic heterocycles. The van der Waals surface area contributed by atoms with Gasteiger partial charge in [-0.2, -0.15) is 0 Å². The Hall–Kier alpha value is -1.17. The number of nitrogens with zero attached hydrogens (tertiary/aromatic N) is 1. The number of hydrogen-bond acceptors (Lipinski definition) is 4. The second-order valence-electron chi connectivity index (χ2n) is 5.08. The topological polar surface area (TPSA) is 58.7 Å². The molecule has 2 rings (SSSR count). The molecule has 0 unspecified atom stereocenters. The highest BCUT2D eigenvalue weighted by atomic mass is 19.1. The van der Waals surface area contributed by atoms with Crippen LogP contribution >= 0.6 is 0 Å². The molecule has 3 N–H and O–H groups in total. The van der Waals surface area contributed by atoms with Crippen LogP contribution in [-0.2, 0) is 0 Å². The highest BCUT2D eigenvalue weighted by molar-refractivity contribution is 5.22. The van der Waals surface area contributed by atoms with Crippen molar-refractivity contribution in [1.82, 2.24) is 4.90 Å². The number of halogens is 1. The maximum atomic E-state index is 12.9. The van der Waals surface area contributed by atoms with Crippen LogP contribution in [0, 0.1) is 5.82 Å². The van der Waals surface area contributed by atoms with Crippen molar-refractivity contribution >= 4 is 0 Å². The van der Waals surface area contributed by atoms with Gasteiger partial charge in [-0.1, -0.05) is 6.07 Å². The van der Waals surface area contributed by atoms with Crippen molar-refractivity contribution < 1.29 is 14.2 Å². The number of rotatable bonds is 5. The van der Waals surface area contributed by atoms with E-state index < -0.39 is 5.60 Å². The van der Waals surface area contributed by atoms with Gasteiger partial charge in [-0.3, -0.25) is 4.90 Å². The lowest BCUT2D eigenvalue weighted by Crippen LogP contribution is -2.49. The van der Waals surface area contributed by atoms with Gasteiger partial charge in [0.1, 0.15) is 18.2 Å². The molecule has 1 saturated heterocycles. The molecule has 0 amide bonds. The fraction of sp³-hybridized carbons (Fsp3) is 0.571. The Morgan fingerprint density at radius 3 is 2.74 bits per heavy atom. The number of nitrogens with two attached hydrogens (primary N) is 1. The summed E-state index contributed by atoms with van der Waals surface area (Å²) in [6.45, 7) is 3.25. The standard InChI is InChI=1S/C14H21FN2O2/c15-12-2-1-3-13(10-12)19-9-8-17-6-4-14(18,11-16)5-7-17/h1-3,10,18H,4-9,11,16H2. The molecule has 0 radical (unpaired) electrons. The molecule has 4 nitrogen and oxygen atoms in total. The summed E-state index contributed by atoms with van der Waals surface area (Å²) in [6, 6.07) is 6.15. The average Bonchev–Trinajstić information content (AvgIpc) is 2.41. The quantitative estimate of drug-likeness (QED) is 0.836. The Labute approximate surface area is 113 Å². The zero-order valence-electron chi connectivity index (χ0n) is 11.0. The van der Waals surface area contributed by atoms with Gasteiger partial charge in [0.2, 0.25) is 0 Å². The van der Waals surface area contributed by atoms with Gasteiger partial charge in [0.05, 0.1) is 5.60 Å². The van der Waals surface area contributed by atoms with Crippen molar-refractivity contribution in [3.63, 3.8) is 0 Å². The first-order chi connectivity index (χ1) is 9.11. The van der Waals surface area contributed by atoms with Crippen LogP contribution in [0.3, 0.4) is 0 Å². The molecule has 1 aliphatic rings. The normalized spacial score (nSPS) is 19.3. The van der Waals surface area contributed by atoms with Gasteiger partial charge in [0, 0.05) is 32.2 Å². The van der Waals surface area contributed by atoms with Crippen molar-refractivity contribution in [2.45, 2.75) is 18.4 Å². The van der Waals surface area contributed by atoms with Crippen molar-refractivity contribution in [1.29, 1.82) is 0 Å². The number of ether oxygens (including phenoxy) is 1. The fourth-order valence-electron chi connectivity index (χ4n) is 2.25. The highest BCUT2D eigenvalue weighted by Gasteiger charge is 2.30. The van der Waals surface area contributed by atoms with E-state index in [4.69, 9.17) is 10.5 Å². The SMILES string of the molecule is NCC1(O)CCN(CCOc2cccc(F)c2)CC1. The van der Waals surface area contributed by atoms with Gasteiger partial charge >= 0.3 is 0 Å². The zero-order chi connectivity index (χ0) is 13.7. The molecule has 1 aliphatic heterocycles. The predicted octanol–water partition coefficient (Wildman–Crippen LogP) is 0.990. The van der Waals surface area contributed by atoms with Crippen LogP contribution in [0.2, 0.25) is 0 Å². The van der Waals surface area contributed by atoms with Crippen LogP contribution < -0.4 is 10.5 Å². The molecular formula is C14H21FN2O2. The lowest BCUT2D eigenvalue weighted by molar-refractivity contribution is -0.0155. The molecule has 19 heavy (non-hydrogen) atoms. The van der Waals surface area contributed by atoms with Crippen LogP contribution in [0.1, 0.15) is 12.8 Å². The molecule has 106 valence electrons. The minimum absolute atomic E-state index is 0.288. The van der Waals surface area contributed by atoms with Gasteiger partial charge in [-0.05, 0) is 25.0 Å². The molecule has 0 spiro atoms. The summed E-state index contributed by atoms with van der Waals surface area (Å²) in [5.41, 5.74) is 4.85. The van der Waals surface area contributed by atoms with Crippen LogP contribution in [-0.4, -0.2) is 48.4 Å². The van der Waals surface area contributed by atoms with Gasteiger partial charge in [-0.15, -0.1) is 0 Å². The second-order valence-corrected chi connectivity index (χ2v) is 5.08. The van der Waals surface area contributed by atoms with Crippen LogP contribution in [0.25, 0.3) is 0 Å². The Bertz CT molecular complexity index is 406. The van der Waals surface area contributed by atoms with E-state index in [9.17, 15) is 9.50 Å². The summed E-state index contributed by atoms with van der Waals surface area (Å²) in [5, 5.41) is 10.0. The van der Waals surface area contributed by atoms with E-state index in [-0.39, 0.29) is 5.82 Å². The Balaban J connectivity index is 1.70. The second kappa shape index (κ2) is 6.32. The van der Waals surface area contributed by atoms with E-state index in [1.54, 1.807) is 12.1 Å². The zero-order valence-corrected chi connectivity index (χ0v) is 11.0. The summed E-state index contributed by atoms with van der Waals surface area (Å²) < 4.78 is 18.4. The lowest BCUT2D eigenvalue weighted by Gasteiger charge is -2.37. The molecule has 0 atom stereocenters. The average molecular weight is 268 g/mol. The first kappa shape index (κ1) is 14.2. The summed E-state index contributed by atoms with van der Waals surface area (Å²) in [6.07, 6.45) is 1.40. The van der Waals surface area contributed by atoms with Crippen LogP contribution in [0.15, 0.2) is 24.3 Å². The van der Waals surface area contributed by atoms with Crippen molar-refractivity contribution in [2.24, 2.45) is 5.73 Å². The molecule has 0 saturated carbocycles. The van der Waals surface area contributed by atoms with E-state index in [1.807, 2.05) is 0 Å². The molecular weight excluding hydrogens is 247 g/mol. The summed E-state index contributed by atoms with van der Waals surface area (Å²) in [4.78, 5) is 2.23. The number of piperidine rings is 1. The summed E-state index contributed by atoms with van der Waals surface area (Å²) in [7, 11) is 0. The largest absolute Gasteiger partial charge is 0.492 e. The Kier molecular flexibility index (Phi) is 4.74. The monoisotopic (exact) mass is 268 g/mol. The van der Waals surface area contributed by atoms with Gasteiger partial charge < -0.3 is 15.6 Å². The molecule has 5 heteroatoms. The number of benzene rings is 1. The molecule has 0 bridgehead atoms. The molecule has 1 aromatic rings. The minimum atomic E-state index is -0.695. The smallest absolute Gasteiger partial charge is 0.126 e. The van der Waals surface area contributed by atoms with Crippen molar-refractivity contribution in [3.05, 3.63) is 30.1 Å². The van der Waals surface area contributed by atoms with Gasteiger partial charge in [0.25, 0.3) is 0 Å². The highest BCUT2D eigenvalue weighted by Crippen LogP contribution is 2.20. The Morgan fingerprint density at radius 2 is 2.11 bits per heavy atom. The van der Waals surface area contributed by atoms with Gasteiger partial charge in [0.15, 0.2) is 0 Å². The number of aliphatic hydroxyl groups is 1. The minimum Gasteiger partial charge on any atom is -0.492 e. The maximum Gasteiger partial charge on any atom is 0.126 e. The number of likely N-dealkylation sites (tertiary alicyclic amines) is 1. The third-order valence-corrected chi connectivity index (χ3v) is 3.64. The van der Waals surface area contributed by atoms with E-state index in [0.29, 0.717) is 31.7 Å². The first-order valence-corrected chi connectivity index (χ1v) is 6.64. The fourth-order valence-corrected chi connectivity index (χ4v) is 2.25. The summed E-state index contributed by atoms with van der Waals surface area (Å²) >= 11 is 0. The van der Waals surface area contributed by atoms with Crippen LogP contribution in [0.5, 0.6) is 5.75 Å². The molecule has 0 aliphatic carbocycles. The van der Waals surface area contributed by atoms with E-state index in [0.717, 1.165) is 19.6 Å². The first-order valence-electron chi connectivity index (χ1n) is 6.64. The summed E-state index contributed by atoms with van der Waals surface area (Å²) in [5.74, 6) is 0.263. The van der Waals surface area contributed by atoms with Crippen molar-refractivity contribution in [2.75, 3.05) is 32.8 Å². The third kappa shape index (κ3) is 4.16. The predicted molar refractivity (Wildman–Crippen MR) is 71.6 cm³/mol. The van der Waals surface area contributed by atoms with E-state index in [1.165, 1.54) is 12.1 Å². The van der Waals surface area contributed by atoms with Gasteiger partial charge in [-0.25, -0.2) is 4.39 Å². The lowest BCUT2D eigenvalue weighted by atomic mass is 9.92. The molecule has 1 heterocycles. The van der Waals surface area contributed by atoms with E-state index >= 15 is 0 Å². The van der Waals surface area contributed by atoms with Crippen molar-refractivity contribution in [3.8, 4) is 5.75 Å². The number of hydrogen-bond donors (Lipinski definition) is 2. The maximum absolute atomic E-state index is 12.9. The van der Waals surface area contributed by atoms with E-state index in [2.05, 4.69) is 4.90 Å². The molecule has 1 aromatic carbocycles. The Morgan fingerprint density at radius 1 is 1.37 bits per heavy atom. The third-order valence-electron chi connectivity index (χ3n) is 3.64. The molecule has 1 fully saturated rings.